The summed E-state index contributed by atoms with van der Waals surface area (Å²) < 4.78 is 0. The van der Waals surface area contributed by atoms with E-state index in [-0.39, 0.29) is 70.7 Å². The van der Waals surface area contributed by atoms with E-state index in [0.29, 0.717) is 70.6 Å². The van der Waals surface area contributed by atoms with Crippen molar-refractivity contribution in [1.29, 1.82) is 0 Å². The summed E-state index contributed by atoms with van der Waals surface area (Å²) in [5.41, 5.74) is 34.2. The molecule has 514 valence electrons. The maximum atomic E-state index is 14.6. The van der Waals surface area contributed by atoms with Crippen molar-refractivity contribution in [2.45, 2.75) is 295 Å². The van der Waals surface area contributed by atoms with E-state index in [1.807, 2.05) is 20.8 Å². The third kappa shape index (κ3) is 36.9. The van der Waals surface area contributed by atoms with Crippen molar-refractivity contribution in [3.63, 3.8) is 0 Å². The van der Waals surface area contributed by atoms with Crippen LogP contribution in [0.1, 0.15) is 235 Å². The second-order valence-corrected chi connectivity index (χ2v) is 23.6. The lowest BCUT2D eigenvalue weighted by Crippen LogP contribution is -2.62. The Balaban J connectivity index is 7.11. The first-order chi connectivity index (χ1) is 42.5. The van der Waals surface area contributed by atoms with E-state index in [4.69, 9.17) is 34.4 Å². The number of guanidine groups is 1. The molecule has 0 aliphatic carbocycles. The molecule has 0 aliphatic heterocycles. The minimum absolute atomic E-state index is 0.0216. The van der Waals surface area contributed by atoms with Crippen LogP contribution in [0.4, 0.5) is 0 Å². The van der Waals surface area contributed by atoms with Crippen LogP contribution < -0.4 is 82.3 Å². The van der Waals surface area contributed by atoms with Gasteiger partial charge in [0.25, 0.3) is 0 Å². The molecule has 0 radical (unpaired) electrons. The Kier molecular flexibility index (Phi) is 47.0. The molecule has 0 aromatic carbocycles. The van der Waals surface area contributed by atoms with E-state index in [9.17, 15) is 53.1 Å². The lowest BCUT2D eigenvalue weighted by Gasteiger charge is -2.30. The first-order valence-corrected chi connectivity index (χ1v) is 33.4. The Bertz CT molecular complexity index is 2100. The van der Waals surface area contributed by atoms with Gasteiger partial charge in [0.2, 0.25) is 59.1 Å². The minimum atomic E-state index is -1.62. The number of nitrogens with two attached hydrogens (primary N) is 6. The standard InChI is InChI=1S/C62H120N16O11/c1-8-13-17-21-30-43(53(66)81)71-55(83)47(33-24-20-16-11-4)76-61(89)52(42(7)79)78-59(87)48(35-26-28-38-64)75-60(88)51(41(6)12-5)77-58(86)49(36-29-39-69-62(67)68)74-57(85)46(34-25-27-37-63)73-56(84)45(32-23-19-15-10-3)72-54(82)44(70-50(80)40-65)31-22-18-14-9-2/h41-49,51-52,79H,8-40,63-65H2,1-7H3,(H2,66,81)(H,70,80)(H,71,83)(H,72,82)(H,73,84)(H,74,85)(H,75,88)(H,76,89)(H,77,86)(H,78,87)(H4,67,68,69)/t41-,42+,43-,44-,45-,46-,47-,48-,49-,51-,52-/m0/s1. The molecule has 0 saturated carbocycles. The van der Waals surface area contributed by atoms with E-state index in [1.54, 1.807) is 13.8 Å². The summed E-state index contributed by atoms with van der Waals surface area (Å²) in [5, 5.41) is 35.6. The molecular weight excluding hydrogens is 1140 g/mol. The molecule has 10 amide bonds. The third-order valence-electron chi connectivity index (χ3n) is 15.7. The number of aliphatic hydroxyl groups is 1. The molecule has 0 aromatic rings. The van der Waals surface area contributed by atoms with Gasteiger partial charge in [0.1, 0.15) is 54.4 Å². The second-order valence-electron chi connectivity index (χ2n) is 23.6. The predicted molar refractivity (Wildman–Crippen MR) is 348 cm³/mol. The minimum Gasteiger partial charge on any atom is -0.391 e. The number of hydrogen-bond donors (Lipinski definition) is 16. The molecule has 0 bridgehead atoms. The number of amides is 10. The van der Waals surface area contributed by atoms with Crippen LogP contribution in [0.5, 0.6) is 0 Å². The summed E-state index contributed by atoms with van der Waals surface area (Å²) in [6.45, 7) is 13.2. The SMILES string of the molecule is CCCCCC[C@H](NC(=O)[C@H](CCCCCC)NC(=O)[C@@H](NC(=O)[C@H](CCCCN)NC(=O)[C@@H](NC(=O)[C@H](CCCN=C(N)N)NC(=O)[C@H](CCCCN)NC(=O)[C@H](CCCCCC)NC(=O)[C@H](CCCCCC)NC(=O)CN)[C@@H](C)CC)[C@@H](C)O)C(N)=O. The molecule has 89 heavy (non-hydrogen) atoms. The van der Waals surface area contributed by atoms with Crippen LogP contribution in [-0.4, -0.2) is 157 Å². The van der Waals surface area contributed by atoms with E-state index >= 15 is 0 Å². The molecule has 27 heteroatoms. The smallest absolute Gasteiger partial charge is 0.245 e. The van der Waals surface area contributed by atoms with Crippen LogP contribution in [-0.2, 0) is 47.9 Å². The summed E-state index contributed by atoms with van der Waals surface area (Å²) in [4.78, 5) is 143. The number of aliphatic imine (C=N–C) groups is 1. The number of carbonyl (C=O) groups excluding carboxylic acids is 10. The highest BCUT2D eigenvalue weighted by molar-refractivity contribution is 5.98. The molecule has 0 unspecified atom stereocenters. The van der Waals surface area contributed by atoms with Crippen molar-refractivity contribution in [1.82, 2.24) is 47.9 Å². The van der Waals surface area contributed by atoms with Crippen LogP contribution in [0.2, 0.25) is 0 Å². The number of rotatable bonds is 54. The van der Waals surface area contributed by atoms with E-state index < -0.39 is 125 Å². The van der Waals surface area contributed by atoms with Gasteiger partial charge in [0.15, 0.2) is 5.96 Å². The molecule has 0 heterocycles. The number of nitrogens with zero attached hydrogens (tertiary/aromatic N) is 1. The number of hydrogen-bond acceptors (Lipinski definition) is 15. The average Bonchev–Trinajstić information content (AvgIpc) is 3.40. The van der Waals surface area contributed by atoms with Gasteiger partial charge >= 0.3 is 0 Å². The Morgan fingerprint density at radius 1 is 0.360 bits per heavy atom. The predicted octanol–water partition coefficient (Wildman–Crippen LogP) is 1.41. The zero-order valence-electron chi connectivity index (χ0n) is 55.1. The molecule has 0 aromatic heterocycles. The molecule has 27 nitrogen and oxygen atoms in total. The zero-order valence-corrected chi connectivity index (χ0v) is 55.1. The molecule has 0 rings (SSSR count). The molecule has 22 N–H and O–H groups in total. The van der Waals surface area contributed by atoms with E-state index in [2.05, 4.69) is 59.8 Å². The van der Waals surface area contributed by atoms with Crippen LogP contribution in [0.25, 0.3) is 0 Å². The van der Waals surface area contributed by atoms with Gasteiger partial charge in [-0.05, 0) is 103 Å². The van der Waals surface area contributed by atoms with E-state index in [0.717, 1.165) is 77.0 Å². The highest BCUT2D eigenvalue weighted by Gasteiger charge is 2.37. The Hall–Kier alpha value is -6.19. The van der Waals surface area contributed by atoms with Gasteiger partial charge in [-0.3, -0.25) is 52.9 Å². The number of aliphatic hydroxyl groups excluding tert-OH is 1. The first kappa shape index (κ1) is 82.8. The number of nitrogens with one attached hydrogen (secondary N) is 9. The zero-order chi connectivity index (χ0) is 67.1. The Labute approximate surface area is 530 Å². The lowest BCUT2D eigenvalue weighted by molar-refractivity contribution is -0.137. The van der Waals surface area contributed by atoms with Crippen molar-refractivity contribution < 1.29 is 53.1 Å². The maximum absolute atomic E-state index is 14.6. The number of carbonyl (C=O) groups is 10. The van der Waals surface area contributed by atoms with Crippen molar-refractivity contribution >= 4 is 65.0 Å². The van der Waals surface area contributed by atoms with Gasteiger partial charge in [0, 0.05) is 6.54 Å². The van der Waals surface area contributed by atoms with Crippen molar-refractivity contribution in [2.24, 2.45) is 45.3 Å². The lowest BCUT2D eigenvalue weighted by atomic mass is 9.96. The number of primary amides is 1. The summed E-state index contributed by atoms with van der Waals surface area (Å²) in [5.74, 6) is -7.95. The van der Waals surface area contributed by atoms with Crippen LogP contribution in [0.15, 0.2) is 4.99 Å². The Morgan fingerprint density at radius 3 is 0.966 bits per heavy atom. The highest BCUT2D eigenvalue weighted by Crippen LogP contribution is 2.16. The Morgan fingerprint density at radius 2 is 0.652 bits per heavy atom. The van der Waals surface area contributed by atoms with Gasteiger partial charge in [-0.15, -0.1) is 0 Å². The molecular formula is C62H120N16O11. The molecule has 11 atom stereocenters. The summed E-state index contributed by atoms with van der Waals surface area (Å²) in [6, 6.07) is -11.0. The maximum Gasteiger partial charge on any atom is 0.245 e. The van der Waals surface area contributed by atoms with Crippen LogP contribution in [0, 0.1) is 5.92 Å². The van der Waals surface area contributed by atoms with Crippen LogP contribution in [0.3, 0.4) is 0 Å². The van der Waals surface area contributed by atoms with Gasteiger partial charge in [-0.25, -0.2) is 0 Å². The van der Waals surface area contributed by atoms with Crippen molar-refractivity contribution in [3.05, 3.63) is 0 Å². The van der Waals surface area contributed by atoms with E-state index in [1.165, 1.54) is 6.92 Å². The highest BCUT2D eigenvalue weighted by atomic mass is 16.3. The molecule has 0 saturated heterocycles. The summed E-state index contributed by atoms with van der Waals surface area (Å²) in [7, 11) is 0. The van der Waals surface area contributed by atoms with Crippen molar-refractivity contribution in [2.75, 3.05) is 26.2 Å². The fourth-order valence-electron chi connectivity index (χ4n) is 9.97. The van der Waals surface area contributed by atoms with Gasteiger partial charge in [0.05, 0.1) is 12.6 Å². The number of unbranched alkanes of at least 4 members (excludes halogenated alkanes) is 14. The molecule has 0 spiro atoms. The fourth-order valence-corrected chi connectivity index (χ4v) is 9.97. The van der Waals surface area contributed by atoms with Gasteiger partial charge < -0.3 is 87.4 Å². The topological polar surface area (TPSA) is 468 Å². The normalized spacial score (nSPS) is 14.9. The molecule has 0 aliphatic rings. The van der Waals surface area contributed by atoms with Crippen molar-refractivity contribution in [3.8, 4) is 0 Å². The average molecular weight is 1270 g/mol. The summed E-state index contributed by atoms with van der Waals surface area (Å²) >= 11 is 0. The monoisotopic (exact) mass is 1260 g/mol. The van der Waals surface area contributed by atoms with Gasteiger partial charge in [-0.1, -0.05) is 151 Å². The molecule has 0 fully saturated rings. The van der Waals surface area contributed by atoms with Gasteiger partial charge in [-0.2, -0.15) is 0 Å². The first-order valence-electron chi connectivity index (χ1n) is 33.4. The largest absolute Gasteiger partial charge is 0.391 e. The fraction of sp³-hybridized carbons (Fsp3) is 0.823. The third-order valence-corrected chi connectivity index (χ3v) is 15.7. The second kappa shape index (κ2) is 50.5. The van der Waals surface area contributed by atoms with Crippen LogP contribution >= 0.6 is 0 Å². The quantitative estimate of drug-likeness (QED) is 0.0233. The summed E-state index contributed by atoms with van der Waals surface area (Å²) in [6.07, 6.45) is 14.7.